The molecule has 23 heavy (non-hydrogen) atoms. The Balaban J connectivity index is 4.06. The Kier molecular flexibility index (Phi) is 13.8. The van der Waals surface area contributed by atoms with E-state index in [0.29, 0.717) is 12.8 Å². The molecule has 5 nitrogen and oxygen atoms in total. The molecule has 2 unspecified atom stereocenters. The number of carboxylic acid groups (broad SMARTS) is 1. The van der Waals surface area contributed by atoms with Gasteiger partial charge in [0.2, 0.25) is 0 Å². The summed E-state index contributed by atoms with van der Waals surface area (Å²) in [5, 5.41) is 18.7. The maximum atomic E-state index is 11.8. The first-order valence-corrected chi connectivity index (χ1v) is 9.08. The highest BCUT2D eigenvalue weighted by Gasteiger charge is 2.19. The Morgan fingerprint density at radius 3 is 1.96 bits per heavy atom. The smallest absolute Gasteiger partial charge is 0.308 e. The van der Waals surface area contributed by atoms with Gasteiger partial charge in [0, 0.05) is 0 Å². The topological polar surface area (TPSA) is 83.8 Å². The van der Waals surface area contributed by atoms with Gasteiger partial charge in [-0.05, 0) is 19.3 Å². The summed E-state index contributed by atoms with van der Waals surface area (Å²) in [5.74, 6) is -1.45. The summed E-state index contributed by atoms with van der Waals surface area (Å²) in [4.78, 5) is 22.7. The molecule has 0 spiro atoms. The third kappa shape index (κ3) is 14.2. The van der Waals surface area contributed by atoms with E-state index in [0.717, 1.165) is 51.4 Å². The summed E-state index contributed by atoms with van der Waals surface area (Å²) in [7, 11) is 0. The first kappa shape index (κ1) is 21.9. The molecule has 0 bridgehead atoms. The first-order valence-electron chi connectivity index (χ1n) is 9.08. The molecule has 0 aromatic rings. The number of rotatable bonds is 15. The van der Waals surface area contributed by atoms with Crippen LogP contribution in [0.5, 0.6) is 0 Å². The van der Waals surface area contributed by atoms with Crippen LogP contribution in [-0.2, 0) is 14.3 Å². The van der Waals surface area contributed by atoms with Gasteiger partial charge in [-0.3, -0.25) is 9.59 Å². The molecular weight excluding hydrogens is 296 g/mol. The normalized spacial score (nSPS) is 13.5. The molecule has 2 N–H and O–H groups in total. The second-order valence-corrected chi connectivity index (χ2v) is 6.27. The van der Waals surface area contributed by atoms with E-state index >= 15 is 0 Å². The van der Waals surface area contributed by atoms with Crippen LogP contribution in [0, 0.1) is 0 Å². The number of ether oxygens (including phenoxy) is 1. The minimum absolute atomic E-state index is 0.0444. The Hall–Kier alpha value is -1.10. The van der Waals surface area contributed by atoms with Gasteiger partial charge in [-0.1, -0.05) is 58.8 Å². The SMILES string of the molecule is CCCCCCC(O)CC(=O)OC(CCCCCC)CC(=O)O. The van der Waals surface area contributed by atoms with E-state index in [1.165, 1.54) is 0 Å². The predicted octanol–water partition coefficient (Wildman–Crippen LogP) is 4.06. The molecule has 0 aliphatic rings. The fourth-order valence-corrected chi connectivity index (χ4v) is 2.53. The molecule has 0 fully saturated rings. The summed E-state index contributed by atoms with van der Waals surface area (Å²) < 4.78 is 5.26. The van der Waals surface area contributed by atoms with Crippen molar-refractivity contribution in [2.45, 2.75) is 103 Å². The van der Waals surface area contributed by atoms with Crippen molar-refractivity contribution in [2.75, 3.05) is 0 Å². The minimum atomic E-state index is -0.960. The zero-order chi connectivity index (χ0) is 17.5. The Morgan fingerprint density at radius 1 is 0.870 bits per heavy atom. The molecule has 5 heteroatoms. The average Bonchev–Trinajstić information content (AvgIpc) is 2.47. The van der Waals surface area contributed by atoms with E-state index in [1.54, 1.807) is 0 Å². The number of hydrogen-bond acceptors (Lipinski definition) is 4. The van der Waals surface area contributed by atoms with Crippen LogP contribution in [-0.4, -0.2) is 34.4 Å². The highest BCUT2D eigenvalue weighted by Crippen LogP contribution is 2.14. The van der Waals surface area contributed by atoms with Crippen molar-refractivity contribution in [3.63, 3.8) is 0 Å². The Labute approximate surface area is 140 Å². The van der Waals surface area contributed by atoms with Crippen LogP contribution in [0.15, 0.2) is 0 Å². The number of aliphatic hydroxyl groups is 1. The van der Waals surface area contributed by atoms with Gasteiger partial charge in [0.1, 0.15) is 6.10 Å². The van der Waals surface area contributed by atoms with Crippen molar-refractivity contribution in [3.8, 4) is 0 Å². The second kappa shape index (κ2) is 14.5. The van der Waals surface area contributed by atoms with Gasteiger partial charge in [0.15, 0.2) is 0 Å². The number of carbonyl (C=O) groups is 2. The summed E-state index contributed by atoms with van der Waals surface area (Å²) in [5.41, 5.74) is 0. The fraction of sp³-hybridized carbons (Fsp3) is 0.889. The van der Waals surface area contributed by atoms with E-state index in [-0.39, 0.29) is 12.8 Å². The molecule has 0 aromatic carbocycles. The number of esters is 1. The number of aliphatic hydroxyl groups excluding tert-OH is 1. The van der Waals surface area contributed by atoms with E-state index in [4.69, 9.17) is 9.84 Å². The summed E-state index contributed by atoms with van der Waals surface area (Å²) in [6.45, 7) is 4.23. The van der Waals surface area contributed by atoms with Crippen LogP contribution in [0.2, 0.25) is 0 Å². The lowest BCUT2D eigenvalue weighted by Crippen LogP contribution is -2.24. The van der Waals surface area contributed by atoms with Crippen LogP contribution in [0.3, 0.4) is 0 Å². The van der Waals surface area contributed by atoms with Gasteiger partial charge in [-0.15, -0.1) is 0 Å². The van der Waals surface area contributed by atoms with Crippen LogP contribution in [0.4, 0.5) is 0 Å². The third-order valence-corrected chi connectivity index (χ3v) is 3.87. The monoisotopic (exact) mass is 330 g/mol. The largest absolute Gasteiger partial charge is 0.481 e. The minimum Gasteiger partial charge on any atom is -0.481 e. The lowest BCUT2D eigenvalue weighted by atomic mass is 10.1. The first-order chi connectivity index (χ1) is 11.0. The molecule has 2 atom stereocenters. The quantitative estimate of drug-likeness (QED) is 0.349. The van der Waals surface area contributed by atoms with Gasteiger partial charge in [-0.2, -0.15) is 0 Å². The van der Waals surface area contributed by atoms with Crippen LogP contribution < -0.4 is 0 Å². The number of hydrogen-bond donors (Lipinski definition) is 2. The molecule has 0 amide bonds. The standard InChI is InChI=1S/C18H34O5/c1-3-5-7-9-11-15(19)13-18(22)23-16(14-17(20)21)12-10-8-6-4-2/h15-16,19H,3-14H2,1-2H3,(H,20,21). The van der Waals surface area contributed by atoms with Gasteiger partial charge in [0.25, 0.3) is 0 Å². The highest BCUT2D eigenvalue weighted by molar-refractivity contribution is 5.71. The zero-order valence-electron chi connectivity index (χ0n) is 14.8. The molecule has 0 aromatic heterocycles. The van der Waals surface area contributed by atoms with Crippen molar-refractivity contribution in [1.82, 2.24) is 0 Å². The van der Waals surface area contributed by atoms with Crippen molar-refractivity contribution in [2.24, 2.45) is 0 Å². The molecule has 0 heterocycles. The molecule has 136 valence electrons. The second-order valence-electron chi connectivity index (χ2n) is 6.27. The summed E-state index contributed by atoms with van der Waals surface area (Å²) in [6.07, 6.45) is 8.00. The van der Waals surface area contributed by atoms with E-state index in [2.05, 4.69) is 13.8 Å². The van der Waals surface area contributed by atoms with E-state index < -0.39 is 24.1 Å². The molecule has 0 radical (unpaired) electrons. The van der Waals surface area contributed by atoms with Crippen LogP contribution >= 0.6 is 0 Å². The van der Waals surface area contributed by atoms with Crippen molar-refractivity contribution < 1.29 is 24.5 Å². The fourth-order valence-electron chi connectivity index (χ4n) is 2.53. The van der Waals surface area contributed by atoms with Gasteiger partial charge >= 0.3 is 11.9 Å². The Morgan fingerprint density at radius 2 is 1.43 bits per heavy atom. The number of unbranched alkanes of at least 4 members (excludes halogenated alkanes) is 6. The van der Waals surface area contributed by atoms with Crippen molar-refractivity contribution in [1.29, 1.82) is 0 Å². The van der Waals surface area contributed by atoms with Crippen LogP contribution in [0.1, 0.15) is 90.9 Å². The maximum Gasteiger partial charge on any atom is 0.308 e. The van der Waals surface area contributed by atoms with E-state index in [1.807, 2.05) is 0 Å². The van der Waals surface area contributed by atoms with Crippen molar-refractivity contribution in [3.05, 3.63) is 0 Å². The lowest BCUT2D eigenvalue weighted by molar-refractivity contribution is -0.155. The molecule has 0 saturated heterocycles. The molecule has 0 rings (SSSR count). The van der Waals surface area contributed by atoms with Crippen molar-refractivity contribution >= 4 is 11.9 Å². The Bertz CT molecular complexity index is 317. The molecule has 0 aliphatic carbocycles. The predicted molar refractivity (Wildman–Crippen MR) is 90.3 cm³/mol. The maximum absolute atomic E-state index is 11.8. The molecular formula is C18H34O5. The number of carbonyl (C=O) groups excluding carboxylic acids is 1. The average molecular weight is 330 g/mol. The molecule has 0 saturated carbocycles. The summed E-state index contributed by atoms with van der Waals surface area (Å²) >= 11 is 0. The number of carboxylic acids is 1. The van der Waals surface area contributed by atoms with Gasteiger partial charge < -0.3 is 14.9 Å². The highest BCUT2D eigenvalue weighted by atomic mass is 16.5. The number of aliphatic carboxylic acids is 1. The van der Waals surface area contributed by atoms with Crippen LogP contribution in [0.25, 0.3) is 0 Å². The lowest BCUT2D eigenvalue weighted by Gasteiger charge is -2.17. The molecule has 0 aliphatic heterocycles. The summed E-state index contributed by atoms with van der Waals surface area (Å²) in [6, 6.07) is 0. The van der Waals surface area contributed by atoms with Gasteiger partial charge in [-0.25, -0.2) is 0 Å². The zero-order valence-corrected chi connectivity index (χ0v) is 14.8. The third-order valence-electron chi connectivity index (χ3n) is 3.87. The van der Waals surface area contributed by atoms with Gasteiger partial charge in [0.05, 0.1) is 18.9 Å². The van der Waals surface area contributed by atoms with E-state index in [9.17, 15) is 14.7 Å².